The van der Waals surface area contributed by atoms with E-state index in [2.05, 4.69) is 219 Å². The van der Waals surface area contributed by atoms with Crippen LogP contribution in [0.15, 0.2) is 205 Å². The van der Waals surface area contributed by atoms with E-state index >= 15 is 0 Å². The Kier molecular flexibility index (Phi) is 7.55. The monoisotopic (exact) mass is 729 g/mol. The lowest BCUT2D eigenvalue weighted by Gasteiger charge is -2.30. The number of anilines is 3. The van der Waals surface area contributed by atoms with Gasteiger partial charge in [0.25, 0.3) is 0 Å². The van der Waals surface area contributed by atoms with Crippen LogP contribution in [0.3, 0.4) is 0 Å². The maximum Gasteiger partial charge on any atom is 0.143 e. The van der Waals surface area contributed by atoms with Gasteiger partial charge in [0.1, 0.15) is 11.2 Å². The molecule has 10 aromatic rings. The molecule has 9 aromatic carbocycles. The predicted molar refractivity (Wildman–Crippen MR) is 240 cm³/mol. The molecule has 0 saturated heterocycles. The smallest absolute Gasteiger partial charge is 0.143 e. The van der Waals surface area contributed by atoms with Crippen molar-refractivity contribution in [3.8, 4) is 44.5 Å². The van der Waals surface area contributed by atoms with E-state index in [9.17, 15) is 0 Å². The molecule has 0 amide bonds. The van der Waals surface area contributed by atoms with E-state index in [0.717, 1.165) is 60.9 Å². The molecule has 2 nitrogen and oxygen atoms in total. The van der Waals surface area contributed by atoms with Gasteiger partial charge in [-0.25, -0.2) is 0 Å². The van der Waals surface area contributed by atoms with E-state index in [1.54, 1.807) is 0 Å². The minimum atomic E-state index is -0.153. The normalized spacial score (nSPS) is 12.9. The first-order valence-corrected chi connectivity index (χ1v) is 19.8. The number of nitrogens with zero attached hydrogens (tertiary/aromatic N) is 1. The second-order valence-electron chi connectivity index (χ2n) is 15.7. The highest BCUT2D eigenvalue weighted by Crippen LogP contribution is 2.53. The second kappa shape index (κ2) is 13.0. The van der Waals surface area contributed by atoms with Crippen molar-refractivity contribution in [2.75, 3.05) is 4.90 Å². The molecule has 0 aliphatic heterocycles. The SMILES string of the molecule is CC1(C)c2ccccc2-c2ccc(N(c3ccc(-c4ccccc4)cc3)c3ccc4oc5c6ccccc6ccc5c4c3-c3ccccc3-c3ccccc3)cc21. The predicted octanol–water partition coefficient (Wildman–Crippen LogP) is 15.5. The van der Waals surface area contributed by atoms with Crippen molar-refractivity contribution in [3.05, 3.63) is 211 Å². The number of benzene rings is 9. The molecule has 11 rings (SSSR count). The van der Waals surface area contributed by atoms with E-state index in [1.807, 2.05) is 0 Å². The van der Waals surface area contributed by atoms with Crippen LogP contribution in [-0.2, 0) is 5.41 Å². The average Bonchev–Trinajstić information content (AvgIpc) is 3.77. The summed E-state index contributed by atoms with van der Waals surface area (Å²) in [5, 5.41) is 4.49. The summed E-state index contributed by atoms with van der Waals surface area (Å²) < 4.78 is 6.89. The maximum atomic E-state index is 6.89. The summed E-state index contributed by atoms with van der Waals surface area (Å²) in [5.74, 6) is 0. The van der Waals surface area contributed by atoms with Gasteiger partial charge in [0.2, 0.25) is 0 Å². The molecule has 270 valence electrons. The molecular weight excluding hydrogens is 691 g/mol. The van der Waals surface area contributed by atoms with Gasteiger partial charge in [-0.1, -0.05) is 172 Å². The van der Waals surface area contributed by atoms with Gasteiger partial charge in [-0.3, -0.25) is 0 Å². The van der Waals surface area contributed by atoms with Crippen molar-refractivity contribution < 1.29 is 4.42 Å². The van der Waals surface area contributed by atoms with Gasteiger partial charge in [0, 0.05) is 38.5 Å². The fourth-order valence-corrected chi connectivity index (χ4v) is 9.31. The summed E-state index contributed by atoms with van der Waals surface area (Å²) in [6, 6.07) is 72.6. The van der Waals surface area contributed by atoms with Gasteiger partial charge >= 0.3 is 0 Å². The van der Waals surface area contributed by atoms with Gasteiger partial charge < -0.3 is 9.32 Å². The van der Waals surface area contributed by atoms with Crippen molar-refractivity contribution in [2.24, 2.45) is 0 Å². The minimum Gasteiger partial charge on any atom is -0.455 e. The number of furan rings is 1. The summed E-state index contributed by atoms with van der Waals surface area (Å²) in [6.07, 6.45) is 0. The first kappa shape index (κ1) is 33.2. The number of hydrogen-bond donors (Lipinski definition) is 0. The zero-order chi connectivity index (χ0) is 38.1. The van der Waals surface area contributed by atoms with Crippen LogP contribution < -0.4 is 4.90 Å². The number of rotatable bonds is 6. The lowest BCUT2D eigenvalue weighted by atomic mass is 9.82. The average molecular weight is 730 g/mol. The molecule has 2 heteroatoms. The molecule has 1 aliphatic carbocycles. The Morgan fingerprint density at radius 1 is 0.421 bits per heavy atom. The van der Waals surface area contributed by atoms with E-state index in [4.69, 9.17) is 4.42 Å². The zero-order valence-electron chi connectivity index (χ0n) is 31.9. The Morgan fingerprint density at radius 3 is 1.82 bits per heavy atom. The van der Waals surface area contributed by atoms with Crippen LogP contribution in [0.2, 0.25) is 0 Å². The largest absolute Gasteiger partial charge is 0.455 e. The van der Waals surface area contributed by atoms with Crippen molar-refractivity contribution in [3.63, 3.8) is 0 Å². The van der Waals surface area contributed by atoms with Crippen LogP contribution in [0.1, 0.15) is 25.0 Å². The summed E-state index contributed by atoms with van der Waals surface area (Å²) >= 11 is 0. The third-order valence-electron chi connectivity index (χ3n) is 12.1. The number of fused-ring (bicyclic) bond motifs is 8. The van der Waals surface area contributed by atoms with Crippen molar-refractivity contribution in [1.29, 1.82) is 0 Å². The standard InChI is InChI=1S/C55H39NO/c1-55(2)48-24-14-13-22-44(48)45-32-30-41(35-49(45)55)56(40-28-25-37(26-29-40)36-15-5-3-6-16-36)50-33-34-51-53(47-31-27-39-19-9-10-21-43(39)54(47)57-51)52(50)46-23-12-11-20-42(46)38-17-7-4-8-18-38/h3-35H,1-2H3. The topological polar surface area (TPSA) is 16.4 Å². The van der Waals surface area contributed by atoms with Gasteiger partial charge in [-0.15, -0.1) is 0 Å². The van der Waals surface area contributed by atoms with Crippen molar-refractivity contribution >= 4 is 49.8 Å². The van der Waals surface area contributed by atoms with Crippen LogP contribution in [0.25, 0.3) is 77.2 Å². The van der Waals surface area contributed by atoms with Gasteiger partial charge in [0.05, 0.1) is 5.69 Å². The van der Waals surface area contributed by atoms with Crippen LogP contribution >= 0.6 is 0 Å². The first-order chi connectivity index (χ1) is 28.0. The van der Waals surface area contributed by atoms with Crippen LogP contribution in [0.5, 0.6) is 0 Å². The van der Waals surface area contributed by atoms with E-state index in [-0.39, 0.29) is 5.41 Å². The Morgan fingerprint density at radius 2 is 1.04 bits per heavy atom. The summed E-state index contributed by atoms with van der Waals surface area (Å²) in [7, 11) is 0. The fraction of sp³-hybridized carbons (Fsp3) is 0.0545. The summed E-state index contributed by atoms with van der Waals surface area (Å²) in [5.41, 5.74) is 17.2. The lowest BCUT2D eigenvalue weighted by molar-refractivity contribution is 0.660. The molecule has 57 heavy (non-hydrogen) atoms. The minimum absolute atomic E-state index is 0.153. The molecule has 0 radical (unpaired) electrons. The van der Waals surface area contributed by atoms with Gasteiger partial charge in [-0.05, 0) is 97.9 Å². The Labute approximate surface area is 332 Å². The second-order valence-corrected chi connectivity index (χ2v) is 15.7. The molecule has 0 fully saturated rings. The van der Waals surface area contributed by atoms with E-state index in [0.29, 0.717) is 0 Å². The summed E-state index contributed by atoms with van der Waals surface area (Å²) in [4.78, 5) is 2.46. The molecule has 0 unspecified atom stereocenters. The summed E-state index contributed by atoms with van der Waals surface area (Å²) in [6.45, 7) is 4.71. The molecule has 1 aromatic heterocycles. The third-order valence-corrected chi connectivity index (χ3v) is 12.1. The zero-order valence-corrected chi connectivity index (χ0v) is 31.9. The number of hydrogen-bond acceptors (Lipinski definition) is 2. The highest BCUT2D eigenvalue weighted by Gasteiger charge is 2.36. The van der Waals surface area contributed by atoms with Crippen molar-refractivity contribution in [2.45, 2.75) is 19.3 Å². The molecule has 1 aliphatic rings. The van der Waals surface area contributed by atoms with Crippen LogP contribution in [0.4, 0.5) is 17.1 Å². The molecule has 0 N–H and O–H groups in total. The van der Waals surface area contributed by atoms with Crippen molar-refractivity contribution in [1.82, 2.24) is 0 Å². The van der Waals surface area contributed by atoms with E-state index < -0.39 is 0 Å². The van der Waals surface area contributed by atoms with E-state index in [1.165, 1.54) is 44.5 Å². The molecule has 0 bridgehead atoms. The van der Waals surface area contributed by atoms with Gasteiger partial charge in [0.15, 0.2) is 0 Å². The molecular formula is C55H39NO. The van der Waals surface area contributed by atoms with Crippen LogP contribution in [-0.4, -0.2) is 0 Å². The molecule has 0 spiro atoms. The highest BCUT2D eigenvalue weighted by atomic mass is 16.3. The maximum absolute atomic E-state index is 6.89. The third kappa shape index (κ3) is 5.25. The molecule has 1 heterocycles. The van der Waals surface area contributed by atoms with Crippen LogP contribution in [0, 0.1) is 0 Å². The molecule has 0 saturated carbocycles. The quantitative estimate of drug-likeness (QED) is 0.169. The fourth-order valence-electron chi connectivity index (χ4n) is 9.31. The Hall–Kier alpha value is -7.16. The molecule has 0 atom stereocenters. The lowest BCUT2D eigenvalue weighted by Crippen LogP contribution is -2.17. The van der Waals surface area contributed by atoms with Gasteiger partial charge in [-0.2, -0.15) is 0 Å². The Bertz CT molecular complexity index is 3140. The first-order valence-electron chi connectivity index (χ1n) is 19.8. The highest BCUT2D eigenvalue weighted by molar-refractivity contribution is 6.22. The Balaban J connectivity index is 1.23.